The quantitative estimate of drug-likeness (QED) is 0.455. The number of piperazine rings is 1. The maximum atomic E-state index is 12.6. The number of sulfonamides is 1. The van der Waals surface area contributed by atoms with Gasteiger partial charge in [0.05, 0.1) is 11.4 Å². The number of halogens is 1. The van der Waals surface area contributed by atoms with Crippen molar-refractivity contribution < 1.29 is 17.9 Å². The van der Waals surface area contributed by atoms with Crippen molar-refractivity contribution in [3.63, 3.8) is 0 Å². The van der Waals surface area contributed by atoms with Crippen molar-refractivity contribution in [2.45, 2.75) is 6.92 Å². The number of anilines is 1. The largest absolute Gasteiger partial charge is 0.465 e. The summed E-state index contributed by atoms with van der Waals surface area (Å²) in [7, 11) is -3.52. The van der Waals surface area contributed by atoms with Crippen molar-refractivity contribution in [2.24, 2.45) is 0 Å². The second kappa shape index (κ2) is 10.5. The van der Waals surface area contributed by atoms with E-state index in [2.05, 4.69) is 4.98 Å². The molecule has 1 aliphatic heterocycles. The third-order valence-corrected chi connectivity index (χ3v) is 7.46. The van der Waals surface area contributed by atoms with E-state index in [0.29, 0.717) is 42.8 Å². The lowest BCUT2D eigenvalue weighted by Gasteiger charge is -2.34. The first-order valence-corrected chi connectivity index (χ1v) is 12.7. The highest BCUT2D eigenvalue weighted by Gasteiger charge is 2.28. The molecule has 0 bridgehead atoms. The van der Waals surface area contributed by atoms with E-state index in [0.717, 1.165) is 16.8 Å². The Labute approximate surface area is 203 Å². The molecule has 1 saturated heterocycles. The molecule has 178 valence electrons. The Balaban J connectivity index is 1.56. The monoisotopic (exact) mass is 501 g/mol. The Bertz CT molecular complexity index is 1250. The minimum atomic E-state index is -3.52. The lowest BCUT2D eigenvalue weighted by Crippen LogP contribution is -2.50. The van der Waals surface area contributed by atoms with Crippen molar-refractivity contribution in [1.29, 1.82) is 0 Å². The third kappa shape index (κ3) is 5.88. The maximum absolute atomic E-state index is 12.6. The number of carbonyl (C=O) groups is 1. The lowest BCUT2D eigenvalue weighted by molar-refractivity contribution is -0.140. The van der Waals surface area contributed by atoms with Crippen LogP contribution in [0, 0.1) is 0 Å². The number of carbonyl (C=O) groups excluding carboxylic acids is 1. The molecule has 0 atom stereocenters. The van der Waals surface area contributed by atoms with Crippen LogP contribution >= 0.6 is 11.6 Å². The Morgan fingerprint density at radius 2 is 1.79 bits per heavy atom. The van der Waals surface area contributed by atoms with Crippen LogP contribution in [0.4, 0.5) is 5.82 Å². The van der Waals surface area contributed by atoms with E-state index in [9.17, 15) is 13.2 Å². The maximum Gasteiger partial charge on any atom is 0.302 e. The summed E-state index contributed by atoms with van der Waals surface area (Å²) in [4.78, 5) is 26.6. The number of ether oxygens (including phenoxy) is 1. The van der Waals surface area contributed by atoms with Gasteiger partial charge in [-0.15, -0.1) is 0 Å². The topological polar surface area (TPSA) is 106 Å². The second-order valence-electron chi connectivity index (χ2n) is 7.73. The molecule has 1 fully saturated rings. The van der Waals surface area contributed by atoms with E-state index in [1.807, 2.05) is 47.4 Å². The first-order chi connectivity index (χ1) is 16.3. The molecular formula is C23H24ClN5O4S. The van der Waals surface area contributed by atoms with E-state index >= 15 is 0 Å². The fourth-order valence-electron chi connectivity index (χ4n) is 3.60. The van der Waals surface area contributed by atoms with Gasteiger partial charge in [0.1, 0.15) is 12.4 Å². The average molecular weight is 502 g/mol. The molecule has 0 radical (unpaired) electrons. The highest BCUT2D eigenvalue weighted by Crippen LogP contribution is 2.27. The molecule has 11 heteroatoms. The number of esters is 1. The summed E-state index contributed by atoms with van der Waals surface area (Å²) >= 11 is 6.05. The van der Waals surface area contributed by atoms with Gasteiger partial charge in [-0.1, -0.05) is 23.7 Å². The summed E-state index contributed by atoms with van der Waals surface area (Å²) in [5.74, 6) is 0.513. The zero-order valence-corrected chi connectivity index (χ0v) is 20.2. The molecule has 1 aliphatic rings. The van der Waals surface area contributed by atoms with Crippen LogP contribution < -0.4 is 4.90 Å². The third-order valence-electron chi connectivity index (χ3n) is 5.37. The van der Waals surface area contributed by atoms with Crippen molar-refractivity contribution >= 4 is 33.4 Å². The molecule has 0 spiro atoms. The first-order valence-electron chi connectivity index (χ1n) is 10.7. The zero-order chi connectivity index (χ0) is 24.1. The molecule has 3 aromatic rings. The van der Waals surface area contributed by atoms with E-state index in [4.69, 9.17) is 26.3 Å². The predicted molar refractivity (Wildman–Crippen MR) is 130 cm³/mol. The normalized spacial score (nSPS) is 14.7. The van der Waals surface area contributed by atoms with Crippen LogP contribution in [0.5, 0.6) is 0 Å². The molecule has 0 saturated carbocycles. The summed E-state index contributed by atoms with van der Waals surface area (Å²) in [5, 5.41) is 0.636. The van der Waals surface area contributed by atoms with E-state index in [1.54, 1.807) is 12.4 Å². The van der Waals surface area contributed by atoms with Crippen molar-refractivity contribution in [3.05, 3.63) is 59.9 Å². The van der Waals surface area contributed by atoms with Gasteiger partial charge in [-0.05, 0) is 24.3 Å². The fraction of sp³-hybridized carbons (Fsp3) is 0.304. The van der Waals surface area contributed by atoms with Gasteiger partial charge in [0.25, 0.3) is 0 Å². The van der Waals surface area contributed by atoms with Gasteiger partial charge in [0.15, 0.2) is 5.82 Å². The van der Waals surface area contributed by atoms with Crippen LogP contribution in [0.3, 0.4) is 0 Å². The summed E-state index contributed by atoms with van der Waals surface area (Å²) in [6.45, 7) is 2.66. The van der Waals surface area contributed by atoms with Gasteiger partial charge in [0.2, 0.25) is 10.0 Å². The highest BCUT2D eigenvalue weighted by atomic mass is 35.5. The Kier molecular flexibility index (Phi) is 7.40. The van der Waals surface area contributed by atoms with Crippen LogP contribution in [-0.4, -0.2) is 72.2 Å². The van der Waals surface area contributed by atoms with E-state index in [1.165, 1.54) is 11.2 Å². The summed E-state index contributed by atoms with van der Waals surface area (Å²) in [5.41, 5.74) is 2.41. The standard InChI is InChI=1S/C23H24ClN5O4S/c1-17(30)33-13-14-34(31,32)29-11-9-28(10-12-29)22-15-21(18-4-6-20(24)7-5-18)26-23(27-22)19-3-2-8-25-16-19/h2-8,15-16H,9-14H2,1H3. The Morgan fingerprint density at radius 3 is 2.44 bits per heavy atom. The van der Waals surface area contributed by atoms with Crippen LogP contribution in [0.1, 0.15) is 6.92 Å². The number of pyridine rings is 1. The molecular weight excluding hydrogens is 478 g/mol. The number of hydrogen-bond acceptors (Lipinski definition) is 8. The molecule has 0 N–H and O–H groups in total. The predicted octanol–water partition coefficient (Wildman–Crippen LogP) is 2.87. The highest BCUT2D eigenvalue weighted by molar-refractivity contribution is 7.89. The average Bonchev–Trinajstić information content (AvgIpc) is 2.84. The molecule has 0 aliphatic carbocycles. The van der Waals surface area contributed by atoms with Gasteiger partial charge in [-0.25, -0.2) is 18.4 Å². The molecule has 34 heavy (non-hydrogen) atoms. The van der Waals surface area contributed by atoms with Crippen LogP contribution in [0.25, 0.3) is 22.6 Å². The molecule has 1 aromatic carbocycles. The number of rotatable bonds is 7. The molecule has 3 heterocycles. The van der Waals surface area contributed by atoms with Gasteiger partial charge in [0, 0.05) is 67.7 Å². The minimum Gasteiger partial charge on any atom is -0.465 e. The summed E-state index contributed by atoms with van der Waals surface area (Å²) in [6, 6.07) is 13.0. The van der Waals surface area contributed by atoms with Crippen molar-refractivity contribution in [2.75, 3.05) is 43.4 Å². The number of benzene rings is 1. The number of nitrogens with zero attached hydrogens (tertiary/aromatic N) is 5. The summed E-state index contributed by atoms with van der Waals surface area (Å²) in [6.07, 6.45) is 3.40. The molecule has 9 nitrogen and oxygen atoms in total. The number of hydrogen-bond donors (Lipinski definition) is 0. The van der Waals surface area contributed by atoms with E-state index < -0.39 is 16.0 Å². The SMILES string of the molecule is CC(=O)OCCS(=O)(=O)N1CCN(c2cc(-c3ccc(Cl)cc3)nc(-c3cccnc3)n2)CC1. The second-order valence-corrected chi connectivity index (χ2v) is 10.3. The Hall–Kier alpha value is -3.08. The summed E-state index contributed by atoms with van der Waals surface area (Å²) < 4.78 is 31.4. The number of aromatic nitrogens is 3. The van der Waals surface area contributed by atoms with Gasteiger partial charge in [-0.2, -0.15) is 4.31 Å². The zero-order valence-electron chi connectivity index (χ0n) is 18.6. The van der Waals surface area contributed by atoms with Crippen LogP contribution in [-0.2, 0) is 19.6 Å². The molecule has 2 aromatic heterocycles. The molecule has 0 amide bonds. The molecule has 0 unspecified atom stereocenters. The minimum absolute atomic E-state index is 0.150. The van der Waals surface area contributed by atoms with Crippen LogP contribution in [0.15, 0.2) is 54.9 Å². The van der Waals surface area contributed by atoms with Crippen molar-refractivity contribution in [1.82, 2.24) is 19.3 Å². The smallest absolute Gasteiger partial charge is 0.302 e. The molecule has 4 rings (SSSR count). The van der Waals surface area contributed by atoms with Gasteiger partial charge < -0.3 is 9.64 Å². The fourth-order valence-corrected chi connectivity index (χ4v) is 5.00. The first kappa shape index (κ1) is 24.1. The lowest BCUT2D eigenvalue weighted by atomic mass is 10.1. The van der Waals surface area contributed by atoms with Crippen molar-refractivity contribution in [3.8, 4) is 22.6 Å². The van der Waals surface area contributed by atoms with Crippen LogP contribution in [0.2, 0.25) is 5.02 Å². The van der Waals surface area contributed by atoms with E-state index in [-0.39, 0.29) is 12.4 Å². The Morgan fingerprint density at radius 1 is 1.06 bits per heavy atom. The van der Waals surface area contributed by atoms with Gasteiger partial charge in [-0.3, -0.25) is 9.78 Å². The van der Waals surface area contributed by atoms with Gasteiger partial charge >= 0.3 is 5.97 Å².